The van der Waals surface area contributed by atoms with Gasteiger partial charge in [-0.15, -0.1) is 0 Å². The van der Waals surface area contributed by atoms with Gasteiger partial charge in [0.25, 0.3) is 0 Å². The summed E-state index contributed by atoms with van der Waals surface area (Å²) in [6.07, 6.45) is 2.62. The predicted octanol–water partition coefficient (Wildman–Crippen LogP) is 3.34. The van der Waals surface area contributed by atoms with Crippen LogP contribution in [0.5, 0.6) is 0 Å². The van der Waals surface area contributed by atoms with Gasteiger partial charge in [-0.1, -0.05) is 11.6 Å². The van der Waals surface area contributed by atoms with Crippen molar-refractivity contribution in [2.24, 2.45) is 0 Å². The average Bonchev–Trinajstić information content (AvgIpc) is 2.70. The zero-order chi connectivity index (χ0) is 12.4. The fourth-order valence-corrected chi connectivity index (χ4v) is 2.07. The van der Waals surface area contributed by atoms with E-state index in [-0.39, 0.29) is 0 Å². The van der Waals surface area contributed by atoms with Crippen molar-refractivity contribution in [2.75, 3.05) is 0 Å². The van der Waals surface area contributed by atoms with Gasteiger partial charge in [0.15, 0.2) is 6.29 Å². The highest BCUT2D eigenvalue weighted by Crippen LogP contribution is 2.28. The molecular formula is C13H13ClN2O. The first-order valence-corrected chi connectivity index (χ1v) is 5.82. The molecule has 0 saturated carbocycles. The first-order valence-electron chi connectivity index (χ1n) is 5.45. The van der Waals surface area contributed by atoms with E-state index in [1.165, 1.54) is 0 Å². The van der Waals surface area contributed by atoms with Crippen molar-refractivity contribution in [3.63, 3.8) is 0 Å². The third kappa shape index (κ3) is 2.11. The number of hydrogen-bond donors (Lipinski definition) is 0. The van der Waals surface area contributed by atoms with E-state index >= 15 is 0 Å². The van der Waals surface area contributed by atoms with Gasteiger partial charge in [0.2, 0.25) is 0 Å². The first kappa shape index (κ1) is 11.9. The minimum atomic E-state index is 0.620. The molecule has 0 bridgehead atoms. The van der Waals surface area contributed by atoms with Crippen molar-refractivity contribution in [3.8, 4) is 11.1 Å². The van der Waals surface area contributed by atoms with Crippen LogP contribution in [0.3, 0.4) is 0 Å². The molecule has 0 saturated heterocycles. The average molecular weight is 249 g/mol. The van der Waals surface area contributed by atoms with Crippen molar-refractivity contribution in [2.45, 2.75) is 20.4 Å². The number of aromatic nitrogens is 2. The Bertz CT molecular complexity index is 561. The summed E-state index contributed by atoms with van der Waals surface area (Å²) in [7, 11) is 0. The van der Waals surface area contributed by atoms with E-state index in [9.17, 15) is 4.79 Å². The summed E-state index contributed by atoms with van der Waals surface area (Å²) in [5, 5.41) is 4.89. The van der Waals surface area contributed by atoms with Crippen LogP contribution in [0.15, 0.2) is 24.4 Å². The zero-order valence-electron chi connectivity index (χ0n) is 9.77. The number of carbonyl (C=O) groups is 1. The molecule has 0 aliphatic heterocycles. The highest BCUT2D eigenvalue weighted by Gasteiger charge is 2.11. The van der Waals surface area contributed by atoms with Crippen LogP contribution in [0, 0.1) is 6.92 Å². The molecule has 1 heterocycles. The lowest BCUT2D eigenvalue weighted by molar-refractivity contribution is 0.112. The first-order chi connectivity index (χ1) is 8.17. The molecular weight excluding hydrogens is 236 g/mol. The van der Waals surface area contributed by atoms with E-state index in [0.717, 1.165) is 29.7 Å². The standard InChI is InChI=1S/C13H13ClN2O/c1-3-16-9(2)13(7-15-16)12-6-11(14)5-4-10(12)8-17/h4-8H,3H2,1-2H3. The molecule has 2 aromatic rings. The van der Waals surface area contributed by atoms with Crippen molar-refractivity contribution >= 4 is 17.9 Å². The third-order valence-electron chi connectivity index (χ3n) is 2.84. The summed E-state index contributed by atoms with van der Waals surface area (Å²) < 4.78 is 1.89. The minimum absolute atomic E-state index is 0.620. The van der Waals surface area contributed by atoms with Gasteiger partial charge in [0.05, 0.1) is 6.20 Å². The fourth-order valence-electron chi connectivity index (χ4n) is 1.89. The lowest BCUT2D eigenvalue weighted by Crippen LogP contribution is -1.98. The Morgan fingerprint density at radius 1 is 1.41 bits per heavy atom. The van der Waals surface area contributed by atoms with E-state index in [4.69, 9.17) is 11.6 Å². The fraction of sp³-hybridized carbons (Fsp3) is 0.231. The van der Waals surface area contributed by atoms with Crippen LogP contribution < -0.4 is 0 Å². The molecule has 0 N–H and O–H groups in total. The van der Waals surface area contributed by atoms with Gasteiger partial charge >= 0.3 is 0 Å². The normalized spacial score (nSPS) is 10.5. The van der Waals surface area contributed by atoms with Crippen molar-refractivity contribution in [1.29, 1.82) is 0 Å². The Hall–Kier alpha value is -1.61. The number of nitrogens with zero attached hydrogens (tertiary/aromatic N) is 2. The summed E-state index contributed by atoms with van der Waals surface area (Å²) in [6, 6.07) is 5.25. The number of benzene rings is 1. The summed E-state index contributed by atoms with van der Waals surface area (Å²) in [4.78, 5) is 11.0. The zero-order valence-corrected chi connectivity index (χ0v) is 10.5. The Morgan fingerprint density at radius 2 is 2.18 bits per heavy atom. The van der Waals surface area contributed by atoms with Gasteiger partial charge in [0, 0.05) is 28.4 Å². The van der Waals surface area contributed by atoms with Crippen molar-refractivity contribution < 1.29 is 4.79 Å². The monoisotopic (exact) mass is 248 g/mol. The van der Waals surface area contributed by atoms with Crippen LogP contribution in [-0.2, 0) is 6.54 Å². The predicted molar refractivity (Wildman–Crippen MR) is 68.5 cm³/mol. The van der Waals surface area contributed by atoms with Gasteiger partial charge < -0.3 is 0 Å². The van der Waals surface area contributed by atoms with Gasteiger partial charge in [0.1, 0.15) is 0 Å². The quantitative estimate of drug-likeness (QED) is 0.781. The lowest BCUT2D eigenvalue weighted by Gasteiger charge is -2.06. The van der Waals surface area contributed by atoms with Gasteiger partial charge in [-0.05, 0) is 37.6 Å². The van der Waals surface area contributed by atoms with Crippen molar-refractivity contribution in [1.82, 2.24) is 9.78 Å². The third-order valence-corrected chi connectivity index (χ3v) is 3.07. The molecule has 3 nitrogen and oxygen atoms in total. The molecule has 4 heteroatoms. The minimum Gasteiger partial charge on any atom is -0.298 e. The maximum atomic E-state index is 11.0. The molecule has 0 atom stereocenters. The lowest BCUT2D eigenvalue weighted by atomic mass is 10.0. The molecule has 0 radical (unpaired) electrons. The summed E-state index contributed by atoms with van der Waals surface area (Å²) in [5.74, 6) is 0. The number of aldehydes is 1. The van der Waals surface area contributed by atoms with Crippen LogP contribution in [0.25, 0.3) is 11.1 Å². The number of aryl methyl sites for hydroxylation is 1. The van der Waals surface area contributed by atoms with Gasteiger partial charge in [-0.25, -0.2) is 0 Å². The SMILES string of the molecule is CCn1ncc(-c2cc(Cl)ccc2C=O)c1C. The van der Waals surface area contributed by atoms with Crippen LogP contribution in [-0.4, -0.2) is 16.1 Å². The van der Waals surface area contributed by atoms with E-state index < -0.39 is 0 Å². The van der Waals surface area contributed by atoms with Crippen LogP contribution in [0.2, 0.25) is 5.02 Å². The van der Waals surface area contributed by atoms with Crippen LogP contribution in [0.4, 0.5) is 0 Å². The summed E-state index contributed by atoms with van der Waals surface area (Å²) in [5.41, 5.74) is 3.46. The second kappa shape index (κ2) is 4.72. The molecule has 0 unspecified atom stereocenters. The number of hydrogen-bond acceptors (Lipinski definition) is 2. The molecule has 0 aliphatic rings. The maximum absolute atomic E-state index is 11.0. The smallest absolute Gasteiger partial charge is 0.150 e. The molecule has 0 fully saturated rings. The molecule has 0 spiro atoms. The maximum Gasteiger partial charge on any atom is 0.150 e. The number of carbonyl (C=O) groups excluding carboxylic acids is 1. The molecule has 0 aliphatic carbocycles. The number of rotatable bonds is 3. The Kier molecular flexibility index (Phi) is 3.29. The van der Waals surface area contributed by atoms with E-state index in [1.807, 2.05) is 18.5 Å². The van der Waals surface area contributed by atoms with Crippen LogP contribution >= 0.6 is 11.6 Å². The van der Waals surface area contributed by atoms with Gasteiger partial charge in [-0.3, -0.25) is 9.48 Å². The second-order valence-corrected chi connectivity index (χ2v) is 4.25. The van der Waals surface area contributed by atoms with E-state index in [0.29, 0.717) is 10.6 Å². The molecule has 17 heavy (non-hydrogen) atoms. The Balaban J connectivity index is 2.62. The molecule has 1 aromatic heterocycles. The Morgan fingerprint density at radius 3 is 2.76 bits per heavy atom. The van der Waals surface area contributed by atoms with E-state index in [2.05, 4.69) is 5.10 Å². The molecule has 2 rings (SSSR count). The topological polar surface area (TPSA) is 34.9 Å². The largest absolute Gasteiger partial charge is 0.298 e. The molecule has 0 amide bonds. The highest BCUT2D eigenvalue weighted by atomic mass is 35.5. The summed E-state index contributed by atoms with van der Waals surface area (Å²) >= 11 is 5.97. The van der Waals surface area contributed by atoms with Crippen LogP contribution in [0.1, 0.15) is 23.0 Å². The van der Waals surface area contributed by atoms with Crippen molar-refractivity contribution in [3.05, 3.63) is 40.7 Å². The van der Waals surface area contributed by atoms with Gasteiger partial charge in [-0.2, -0.15) is 5.10 Å². The number of halogens is 1. The molecule has 1 aromatic carbocycles. The van der Waals surface area contributed by atoms with E-state index in [1.54, 1.807) is 24.4 Å². The molecule has 88 valence electrons. The Labute approximate surface area is 105 Å². The second-order valence-electron chi connectivity index (χ2n) is 3.81. The summed E-state index contributed by atoms with van der Waals surface area (Å²) in [6.45, 7) is 4.83. The highest BCUT2D eigenvalue weighted by molar-refractivity contribution is 6.31.